The molecule has 110 valence electrons. The molecule has 0 saturated carbocycles. The van der Waals surface area contributed by atoms with Crippen molar-refractivity contribution in [1.29, 1.82) is 0 Å². The van der Waals surface area contributed by atoms with Crippen molar-refractivity contribution in [3.05, 3.63) is 58.6 Å². The molecule has 0 unspecified atom stereocenters. The van der Waals surface area contributed by atoms with Crippen molar-refractivity contribution >= 4 is 34.4 Å². The molecule has 0 aliphatic carbocycles. The van der Waals surface area contributed by atoms with E-state index in [0.717, 1.165) is 34.8 Å². The van der Waals surface area contributed by atoms with E-state index in [1.54, 1.807) is 17.4 Å². The molecule has 5 heteroatoms. The van der Waals surface area contributed by atoms with Gasteiger partial charge in [0.25, 0.3) is 0 Å². The first kappa shape index (κ1) is 13.3. The first-order valence-electron chi connectivity index (χ1n) is 7.25. The van der Waals surface area contributed by atoms with Crippen LogP contribution in [0.25, 0.3) is 17.1 Å². The van der Waals surface area contributed by atoms with Crippen LogP contribution in [0.3, 0.4) is 0 Å². The number of carbonyl (C=O) groups is 1. The Labute approximate surface area is 132 Å². The number of aromatic amines is 1. The zero-order chi connectivity index (χ0) is 14.9. The van der Waals surface area contributed by atoms with E-state index in [-0.39, 0.29) is 5.91 Å². The Morgan fingerprint density at radius 3 is 2.91 bits per heavy atom. The predicted molar refractivity (Wildman–Crippen MR) is 88.8 cm³/mol. The lowest BCUT2D eigenvalue weighted by atomic mass is 9.99. The van der Waals surface area contributed by atoms with E-state index in [4.69, 9.17) is 0 Å². The molecular weight excluding hydrogens is 294 g/mol. The van der Waals surface area contributed by atoms with Gasteiger partial charge in [0, 0.05) is 24.0 Å². The number of nitrogens with one attached hydrogen (secondary N) is 1. The summed E-state index contributed by atoms with van der Waals surface area (Å²) in [5.74, 6) is 1.36. The van der Waals surface area contributed by atoms with Crippen LogP contribution >= 0.6 is 11.3 Å². The Hall–Kier alpha value is -2.40. The Morgan fingerprint density at radius 2 is 2.14 bits per heavy atom. The van der Waals surface area contributed by atoms with E-state index in [0.29, 0.717) is 5.92 Å². The molecule has 1 aliphatic rings. The van der Waals surface area contributed by atoms with Gasteiger partial charge in [0.1, 0.15) is 5.82 Å². The fourth-order valence-corrected chi connectivity index (χ4v) is 3.26. The lowest BCUT2D eigenvalue weighted by molar-refractivity contribution is -0.130. The topological polar surface area (TPSA) is 49.0 Å². The molecule has 4 nitrogen and oxygen atoms in total. The number of fused-ring (bicyclic) bond motifs is 1. The zero-order valence-electron chi connectivity index (χ0n) is 11.9. The molecule has 2 aromatic heterocycles. The second-order valence-corrected chi connectivity index (χ2v) is 6.41. The fourth-order valence-electron chi connectivity index (χ4n) is 2.64. The Kier molecular flexibility index (Phi) is 3.27. The number of carbonyl (C=O) groups excluding carboxylic acids is 1. The summed E-state index contributed by atoms with van der Waals surface area (Å²) < 4.78 is 0. The second kappa shape index (κ2) is 5.42. The van der Waals surface area contributed by atoms with Crippen molar-refractivity contribution in [2.24, 2.45) is 0 Å². The SMILES string of the molecule is O=C(/C=C/c1cccs1)N1CC(c2nc3ccccc3[nH]2)C1. The summed E-state index contributed by atoms with van der Waals surface area (Å²) in [6.07, 6.45) is 3.53. The number of hydrogen-bond acceptors (Lipinski definition) is 3. The van der Waals surface area contributed by atoms with Gasteiger partial charge in [0.15, 0.2) is 0 Å². The molecule has 1 fully saturated rings. The molecule has 22 heavy (non-hydrogen) atoms. The maximum Gasteiger partial charge on any atom is 0.246 e. The third kappa shape index (κ3) is 2.44. The number of rotatable bonds is 3. The van der Waals surface area contributed by atoms with Gasteiger partial charge in [-0.3, -0.25) is 4.79 Å². The summed E-state index contributed by atoms with van der Waals surface area (Å²) >= 11 is 1.63. The number of H-pyrrole nitrogens is 1. The zero-order valence-corrected chi connectivity index (χ0v) is 12.7. The molecule has 0 spiro atoms. The summed E-state index contributed by atoms with van der Waals surface area (Å²) in [7, 11) is 0. The minimum Gasteiger partial charge on any atom is -0.342 e. The quantitative estimate of drug-likeness (QED) is 0.755. The Balaban J connectivity index is 1.40. The molecule has 1 aliphatic heterocycles. The molecule has 3 aromatic rings. The van der Waals surface area contributed by atoms with Crippen molar-refractivity contribution in [3.63, 3.8) is 0 Å². The van der Waals surface area contributed by atoms with E-state index >= 15 is 0 Å². The van der Waals surface area contributed by atoms with Gasteiger partial charge in [0.2, 0.25) is 5.91 Å². The lowest BCUT2D eigenvalue weighted by Crippen LogP contribution is -2.48. The normalized spacial score (nSPS) is 15.5. The van der Waals surface area contributed by atoms with E-state index in [1.807, 2.05) is 52.8 Å². The van der Waals surface area contributed by atoms with Crippen LogP contribution in [0.1, 0.15) is 16.6 Å². The van der Waals surface area contributed by atoms with Crippen LogP contribution in [-0.2, 0) is 4.79 Å². The van der Waals surface area contributed by atoms with Gasteiger partial charge in [-0.05, 0) is 29.7 Å². The number of hydrogen-bond donors (Lipinski definition) is 1. The highest BCUT2D eigenvalue weighted by atomic mass is 32.1. The van der Waals surface area contributed by atoms with Crippen molar-refractivity contribution in [1.82, 2.24) is 14.9 Å². The predicted octanol–water partition coefficient (Wildman–Crippen LogP) is 3.26. The summed E-state index contributed by atoms with van der Waals surface area (Å²) in [6, 6.07) is 12.0. The highest BCUT2D eigenvalue weighted by Crippen LogP contribution is 2.27. The third-order valence-electron chi connectivity index (χ3n) is 3.92. The highest BCUT2D eigenvalue weighted by Gasteiger charge is 2.32. The van der Waals surface area contributed by atoms with Crippen molar-refractivity contribution in [2.45, 2.75) is 5.92 Å². The van der Waals surface area contributed by atoms with Crippen LogP contribution in [0, 0.1) is 0 Å². The van der Waals surface area contributed by atoms with Gasteiger partial charge >= 0.3 is 0 Å². The van der Waals surface area contributed by atoms with Gasteiger partial charge in [-0.2, -0.15) is 0 Å². The number of thiophene rings is 1. The van der Waals surface area contributed by atoms with Crippen LogP contribution in [0.5, 0.6) is 0 Å². The summed E-state index contributed by atoms with van der Waals surface area (Å²) in [4.78, 5) is 23.0. The van der Waals surface area contributed by atoms with Crippen LogP contribution in [0.15, 0.2) is 47.9 Å². The summed E-state index contributed by atoms with van der Waals surface area (Å²) in [5.41, 5.74) is 2.04. The number of imidazole rings is 1. The highest BCUT2D eigenvalue weighted by molar-refractivity contribution is 7.10. The number of para-hydroxylation sites is 2. The Morgan fingerprint density at radius 1 is 1.27 bits per heavy atom. The van der Waals surface area contributed by atoms with Crippen LogP contribution in [0.4, 0.5) is 0 Å². The smallest absolute Gasteiger partial charge is 0.246 e. The third-order valence-corrected chi connectivity index (χ3v) is 4.76. The summed E-state index contributed by atoms with van der Waals surface area (Å²) in [6.45, 7) is 1.46. The first-order valence-corrected chi connectivity index (χ1v) is 8.13. The monoisotopic (exact) mass is 309 g/mol. The van der Waals surface area contributed by atoms with E-state index in [9.17, 15) is 4.79 Å². The largest absolute Gasteiger partial charge is 0.342 e. The van der Waals surface area contributed by atoms with Gasteiger partial charge in [0.05, 0.1) is 17.0 Å². The van der Waals surface area contributed by atoms with Crippen LogP contribution in [0.2, 0.25) is 0 Å². The summed E-state index contributed by atoms with van der Waals surface area (Å²) in [5, 5.41) is 2.01. The number of amides is 1. The van der Waals surface area contributed by atoms with Crippen LogP contribution in [-0.4, -0.2) is 33.9 Å². The molecule has 1 N–H and O–H groups in total. The van der Waals surface area contributed by atoms with E-state index in [2.05, 4.69) is 9.97 Å². The first-order chi connectivity index (χ1) is 10.8. The van der Waals surface area contributed by atoms with E-state index < -0.39 is 0 Å². The van der Waals surface area contributed by atoms with Gasteiger partial charge in [-0.1, -0.05) is 18.2 Å². The molecule has 4 rings (SSSR count). The van der Waals surface area contributed by atoms with Gasteiger partial charge < -0.3 is 9.88 Å². The fraction of sp³-hybridized carbons (Fsp3) is 0.176. The lowest BCUT2D eigenvalue weighted by Gasteiger charge is -2.37. The van der Waals surface area contributed by atoms with E-state index in [1.165, 1.54) is 0 Å². The number of likely N-dealkylation sites (tertiary alicyclic amines) is 1. The van der Waals surface area contributed by atoms with Crippen molar-refractivity contribution in [3.8, 4) is 0 Å². The number of nitrogens with zero attached hydrogens (tertiary/aromatic N) is 2. The molecule has 1 saturated heterocycles. The maximum absolute atomic E-state index is 12.1. The molecule has 1 aromatic carbocycles. The second-order valence-electron chi connectivity index (χ2n) is 5.43. The minimum atomic E-state index is 0.0701. The average molecular weight is 309 g/mol. The van der Waals surface area contributed by atoms with Crippen LogP contribution < -0.4 is 0 Å². The molecule has 0 bridgehead atoms. The minimum absolute atomic E-state index is 0.0701. The van der Waals surface area contributed by atoms with Crippen molar-refractivity contribution < 1.29 is 4.79 Å². The molecule has 1 amide bonds. The Bertz CT molecular complexity index is 796. The number of benzene rings is 1. The molecule has 0 radical (unpaired) electrons. The maximum atomic E-state index is 12.1. The molecule has 3 heterocycles. The van der Waals surface area contributed by atoms with Gasteiger partial charge in [-0.15, -0.1) is 11.3 Å². The molecular formula is C17H15N3OS. The van der Waals surface area contributed by atoms with Gasteiger partial charge in [-0.25, -0.2) is 4.98 Å². The van der Waals surface area contributed by atoms with Crippen molar-refractivity contribution in [2.75, 3.05) is 13.1 Å². The standard InChI is InChI=1S/C17H15N3OS/c21-16(8-7-13-4-3-9-22-13)20-10-12(11-20)17-18-14-5-1-2-6-15(14)19-17/h1-9,12H,10-11H2,(H,18,19)/b8-7+. The number of aromatic nitrogens is 2. The molecule has 0 atom stereocenters. The average Bonchev–Trinajstić information content (AvgIpc) is 3.12.